The predicted molar refractivity (Wildman–Crippen MR) is 69.2 cm³/mol. The first-order valence-corrected chi connectivity index (χ1v) is 6.19. The summed E-state index contributed by atoms with van der Waals surface area (Å²) < 4.78 is 18.6. The van der Waals surface area contributed by atoms with Crippen LogP contribution in [0.5, 0.6) is 5.75 Å². The maximum Gasteiger partial charge on any atom is 0.151 e. The van der Waals surface area contributed by atoms with Crippen LogP contribution < -0.4 is 4.74 Å². The summed E-state index contributed by atoms with van der Waals surface area (Å²) in [6, 6.07) is 2.97. The van der Waals surface area contributed by atoms with Gasteiger partial charge in [-0.1, -0.05) is 38.8 Å². The van der Waals surface area contributed by atoms with Gasteiger partial charge in [-0.3, -0.25) is 0 Å². The summed E-state index contributed by atoms with van der Waals surface area (Å²) in [4.78, 5) is 0. The highest BCUT2D eigenvalue weighted by molar-refractivity contribution is 6.30. The van der Waals surface area contributed by atoms with E-state index >= 15 is 0 Å². The average Bonchev–Trinajstić information content (AvgIpc) is 2.35. The maximum atomic E-state index is 13.7. The summed E-state index contributed by atoms with van der Waals surface area (Å²) in [5.74, 6) is -0.269. The van der Waals surface area contributed by atoms with Gasteiger partial charge in [0.1, 0.15) is 5.75 Å². The van der Waals surface area contributed by atoms with Crippen molar-refractivity contribution >= 4 is 11.6 Å². The highest BCUT2D eigenvalue weighted by Gasteiger charge is 2.19. The minimum atomic E-state index is -0.872. The zero-order valence-corrected chi connectivity index (χ0v) is 11.5. The zero-order chi connectivity index (χ0) is 13.4. The van der Waals surface area contributed by atoms with Crippen molar-refractivity contribution in [3.8, 4) is 5.75 Å². The molecule has 1 atom stereocenters. The molecule has 17 heavy (non-hydrogen) atoms. The van der Waals surface area contributed by atoms with Crippen LogP contribution in [-0.2, 0) is 0 Å². The second-order valence-electron chi connectivity index (χ2n) is 3.28. The fraction of sp³-hybridized carbons (Fsp3) is 0.538. The van der Waals surface area contributed by atoms with Gasteiger partial charge in [-0.15, -0.1) is 0 Å². The summed E-state index contributed by atoms with van der Waals surface area (Å²) in [6.07, 6.45) is 0.368. The molecule has 4 heteroatoms. The molecule has 0 aliphatic carbocycles. The van der Waals surface area contributed by atoms with Crippen LogP contribution in [0.15, 0.2) is 12.1 Å². The van der Waals surface area contributed by atoms with Crippen molar-refractivity contribution in [3.05, 3.63) is 28.5 Å². The van der Waals surface area contributed by atoms with Gasteiger partial charge in [0.2, 0.25) is 0 Å². The number of rotatable bonds is 4. The van der Waals surface area contributed by atoms with Gasteiger partial charge in [0.05, 0.1) is 23.8 Å². The van der Waals surface area contributed by atoms with Crippen LogP contribution in [-0.4, -0.2) is 12.2 Å². The molecule has 1 N–H and O–H groups in total. The molecule has 0 spiro atoms. The highest BCUT2D eigenvalue weighted by Crippen LogP contribution is 2.33. The molecule has 0 aromatic heterocycles. The Morgan fingerprint density at radius 2 is 2.00 bits per heavy atom. The smallest absolute Gasteiger partial charge is 0.151 e. The first-order valence-electron chi connectivity index (χ1n) is 5.81. The molecule has 0 heterocycles. The number of aliphatic hydroxyl groups is 1. The Morgan fingerprint density at radius 1 is 1.41 bits per heavy atom. The van der Waals surface area contributed by atoms with Gasteiger partial charge in [-0.2, -0.15) is 0 Å². The number of benzene rings is 1. The van der Waals surface area contributed by atoms with E-state index in [2.05, 4.69) is 0 Å². The molecule has 1 aromatic carbocycles. The predicted octanol–water partition coefficient (Wildman–Crippen LogP) is 4.35. The zero-order valence-electron chi connectivity index (χ0n) is 10.8. The average molecular weight is 263 g/mol. The molecule has 0 saturated heterocycles. The molecule has 0 aliphatic rings. The van der Waals surface area contributed by atoms with E-state index in [0.29, 0.717) is 12.2 Å². The summed E-state index contributed by atoms with van der Waals surface area (Å²) >= 11 is 5.65. The lowest BCUT2D eigenvalue weighted by Crippen LogP contribution is -2.04. The van der Waals surface area contributed by atoms with E-state index in [4.69, 9.17) is 16.3 Å². The van der Waals surface area contributed by atoms with Gasteiger partial charge in [-0.05, 0) is 18.6 Å². The molecule has 0 bridgehead atoms. The van der Waals surface area contributed by atoms with Crippen molar-refractivity contribution in [2.24, 2.45) is 0 Å². The Balaban J connectivity index is 0.00000121. The monoisotopic (exact) mass is 262 g/mol. The lowest BCUT2D eigenvalue weighted by molar-refractivity contribution is 0.157. The number of methoxy groups -OCH3 is 1. The van der Waals surface area contributed by atoms with Crippen molar-refractivity contribution in [3.63, 3.8) is 0 Å². The first-order chi connectivity index (χ1) is 8.11. The Bertz CT molecular complexity index is 342. The van der Waals surface area contributed by atoms with Crippen LogP contribution in [0.25, 0.3) is 0 Å². The fourth-order valence-electron chi connectivity index (χ4n) is 1.45. The third-order valence-corrected chi connectivity index (χ3v) is 2.50. The third kappa shape index (κ3) is 4.17. The van der Waals surface area contributed by atoms with Crippen LogP contribution in [0.3, 0.4) is 0 Å². The van der Waals surface area contributed by atoms with Crippen molar-refractivity contribution < 1.29 is 14.2 Å². The van der Waals surface area contributed by atoms with Crippen LogP contribution in [0.4, 0.5) is 4.39 Å². The summed E-state index contributed by atoms with van der Waals surface area (Å²) in [5, 5.41) is 9.76. The summed E-state index contributed by atoms with van der Waals surface area (Å²) in [5.41, 5.74) is 0.145. The van der Waals surface area contributed by atoms with E-state index in [9.17, 15) is 9.50 Å². The number of ether oxygens (including phenoxy) is 1. The minimum absolute atomic E-state index is 0.000882. The van der Waals surface area contributed by atoms with Crippen LogP contribution in [0.2, 0.25) is 5.02 Å². The molecule has 0 saturated carbocycles. The lowest BCUT2D eigenvalue weighted by Gasteiger charge is -2.15. The van der Waals surface area contributed by atoms with Crippen molar-refractivity contribution in [1.82, 2.24) is 0 Å². The molecule has 2 nitrogen and oxygen atoms in total. The van der Waals surface area contributed by atoms with E-state index in [1.165, 1.54) is 13.2 Å². The molecule has 98 valence electrons. The Morgan fingerprint density at radius 3 is 2.47 bits per heavy atom. The van der Waals surface area contributed by atoms with Crippen LogP contribution in [0, 0.1) is 5.82 Å². The van der Waals surface area contributed by atoms with Gasteiger partial charge >= 0.3 is 0 Å². The number of aliphatic hydroxyl groups excluding tert-OH is 1. The maximum absolute atomic E-state index is 13.7. The first kappa shape index (κ1) is 16.2. The van der Waals surface area contributed by atoms with Crippen LogP contribution in [0.1, 0.15) is 45.3 Å². The molecular formula is C13H20ClFO2. The molecule has 1 rings (SSSR count). The van der Waals surface area contributed by atoms with Gasteiger partial charge in [0.25, 0.3) is 0 Å². The highest BCUT2D eigenvalue weighted by atomic mass is 35.5. The Hall–Kier alpha value is -0.800. The minimum Gasteiger partial charge on any atom is -0.496 e. The van der Waals surface area contributed by atoms with E-state index in [1.807, 2.05) is 20.8 Å². The third-order valence-electron chi connectivity index (χ3n) is 2.21. The second-order valence-corrected chi connectivity index (χ2v) is 3.69. The van der Waals surface area contributed by atoms with Gasteiger partial charge in [-0.25, -0.2) is 4.39 Å². The largest absolute Gasteiger partial charge is 0.496 e. The molecule has 1 unspecified atom stereocenters. The van der Waals surface area contributed by atoms with Gasteiger partial charge < -0.3 is 9.84 Å². The molecule has 0 aliphatic heterocycles. The van der Waals surface area contributed by atoms with Crippen LogP contribution >= 0.6 is 11.6 Å². The summed E-state index contributed by atoms with van der Waals surface area (Å²) in [7, 11) is 1.44. The molecule has 0 amide bonds. The van der Waals surface area contributed by atoms with E-state index in [0.717, 1.165) is 6.42 Å². The van der Waals surface area contributed by atoms with Crippen molar-refractivity contribution in [2.45, 2.75) is 39.7 Å². The molecule has 0 fully saturated rings. The number of halogens is 2. The Kier molecular flexibility index (Phi) is 7.92. The summed E-state index contributed by atoms with van der Waals surface area (Å²) in [6.45, 7) is 5.91. The number of hydrogen-bond donors (Lipinski definition) is 1. The quantitative estimate of drug-likeness (QED) is 0.874. The Labute approximate surface area is 107 Å². The van der Waals surface area contributed by atoms with Gasteiger partial charge in [0, 0.05) is 0 Å². The standard InChI is InChI=1S/C11H14ClFO2.C2H6/c1-3-4-8(14)10-9(15-2)6-5-7(12)11(10)13;1-2/h5-6,8,14H,3-4H2,1-2H3;1-2H3. The van der Waals surface area contributed by atoms with E-state index in [1.54, 1.807) is 6.07 Å². The lowest BCUT2D eigenvalue weighted by atomic mass is 10.0. The SMILES string of the molecule is CC.CCCC(O)c1c(OC)ccc(Cl)c1F. The number of hydrogen-bond acceptors (Lipinski definition) is 2. The van der Waals surface area contributed by atoms with E-state index in [-0.39, 0.29) is 10.6 Å². The topological polar surface area (TPSA) is 29.5 Å². The normalized spacial score (nSPS) is 11.5. The van der Waals surface area contributed by atoms with Crippen molar-refractivity contribution in [1.29, 1.82) is 0 Å². The fourth-order valence-corrected chi connectivity index (χ4v) is 1.62. The van der Waals surface area contributed by atoms with E-state index < -0.39 is 11.9 Å². The molecule has 0 radical (unpaired) electrons. The second kappa shape index (κ2) is 8.31. The molecule has 1 aromatic rings. The molecular weight excluding hydrogens is 243 g/mol. The van der Waals surface area contributed by atoms with Crippen molar-refractivity contribution in [2.75, 3.05) is 7.11 Å². The van der Waals surface area contributed by atoms with Gasteiger partial charge in [0.15, 0.2) is 5.82 Å².